The van der Waals surface area contributed by atoms with Gasteiger partial charge >= 0.3 is 5.97 Å². The fourth-order valence-electron chi connectivity index (χ4n) is 3.80. The lowest BCUT2D eigenvalue weighted by atomic mass is 10.1. The Bertz CT molecular complexity index is 979. The molecule has 0 N–H and O–H groups in total. The minimum atomic E-state index is -3.74. The maximum atomic E-state index is 14.3. The highest BCUT2D eigenvalue weighted by atomic mass is 31.2. The number of ether oxygens (including phenoxy) is 4. The zero-order valence-electron chi connectivity index (χ0n) is 21.2. The van der Waals surface area contributed by atoms with Crippen molar-refractivity contribution in [3.8, 4) is 17.2 Å². The Hall–Kier alpha value is -2.79. The molecule has 0 saturated carbocycles. The van der Waals surface area contributed by atoms with E-state index in [4.69, 9.17) is 18.9 Å². The Balaban J connectivity index is 2.22. The van der Waals surface area contributed by atoms with Gasteiger partial charge in [-0.1, -0.05) is 69.4 Å². The van der Waals surface area contributed by atoms with E-state index < -0.39 is 18.6 Å². The number of hydrogen-bond acceptors (Lipinski definition) is 7. The second-order valence-electron chi connectivity index (χ2n) is 8.25. The maximum absolute atomic E-state index is 14.3. The van der Waals surface area contributed by atoms with Crippen molar-refractivity contribution in [2.45, 2.75) is 51.9 Å². The van der Waals surface area contributed by atoms with Gasteiger partial charge in [0.15, 0.2) is 7.14 Å². The van der Waals surface area contributed by atoms with Crippen LogP contribution >= 0.6 is 7.14 Å². The molecule has 1 unspecified atom stereocenters. The van der Waals surface area contributed by atoms with Crippen molar-refractivity contribution in [1.82, 2.24) is 0 Å². The first-order chi connectivity index (χ1) is 16.9. The highest BCUT2D eigenvalue weighted by Crippen LogP contribution is 2.52. The molecule has 0 radical (unpaired) electrons. The number of methoxy groups -OCH3 is 3. The van der Waals surface area contributed by atoms with Crippen molar-refractivity contribution in [2.24, 2.45) is 0 Å². The summed E-state index contributed by atoms with van der Waals surface area (Å²) in [4.78, 5) is 26.2. The zero-order valence-corrected chi connectivity index (χ0v) is 22.1. The van der Waals surface area contributed by atoms with Gasteiger partial charge in [0, 0.05) is 23.6 Å². The van der Waals surface area contributed by atoms with Gasteiger partial charge in [0.2, 0.25) is 5.52 Å². The number of carbonyl (C=O) groups excluding carboxylic acids is 2. The molecule has 2 aromatic rings. The average Bonchev–Trinajstić information content (AvgIpc) is 2.90. The molecule has 0 bridgehead atoms. The minimum absolute atomic E-state index is 0.0587. The molecule has 0 fully saturated rings. The second kappa shape index (κ2) is 14.6. The topological polar surface area (TPSA) is 88.1 Å². The molecular formula is C27H37O7P. The number of carbonyl (C=O) groups is 2. The van der Waals surface area contributed by atoms with Crippen LogP contribution in [0.15, 0.2) is 42.5 Å². The summed E-state index contributed by atoms with van der Waals surface area (Å²) < 4.78 is 35.7. The summed E-state index contributed by atoms with van der Waals surface area (Å²) in [7, 11) is 0.577. The Kier molecular flexibility index (Phi) is 11.8. The predicted octanol–water partition coefficient (Wildman–Crippen LogP) is 5.84. The number of esters is 1. The van der Waals surface area contributed by atoms with E-state index in [0.717, 1.165) is 19.3 Å². The molecule has 0 aliphatic carbocycles. The van der Waals surface area contributed by atoms with Crippen LogP contribution < -0.4 is 19.5 Å². The van der Waals surface area contributed by atoms with Crippen molar-refractivity contribution in [2.75, 3.05) is 34.1 Å². The molecule has 0 spiro atoms. The van der Waals surface area contributed by atoms with Gasteiger partial charge in [-0.3, -0.25) is 9.59 Å². The van der Waals surface area contributed by atoms with Crippen LogP contribution in [0.3, 0.4) is 0 Å². The van der Waals surface area contributed by atoms with Crippen LogP contribution in [-0.4, -0.2) is 45.6 Å². The highest BCUT2D eigenvalue weighted by molar-refractivity contribution is 7.87. The fraction of sp³-hybridized carbons (Fsp3) is 0.481. The molecule has 7 nitrogen and oxygen atoms in total. The summed E-state index contributed by atoms with van der Waals surface area (Å²) in [5, 5.41) is 0.369. The van der Waals surface area contributed by atoms with Crippen LogP contribution in [0.4, 0.5) is 0 Å². The van der Waals surface area contributed by atoms with E-state index in [-0.39, 0.29) is 29.6 Å². The molecule has 0 heterocycles. The van der Waals surface area contributed by atoms with Crippen molar-refractivity contribution >= 4 is 23.9 Å². The van der Waals surface area contributed by atoms with Gasteiger partial charge in [-0.15, -0.1) is 0 Å². The van der Waals surface area contributed by atoms with Crippen molar-refractivity contribution in [3.05, 3.63) is 48.0 Å². The zero-order chi connectivity index (χ0) is 25.7. The average molecular weight is 505 g/mol. The number of hydrogen-bond donors (Lipinski definition) is 0. The number of unbranched alkanes of at least 4 members (excludes halogenated alkanes) is 5. The van der Waals surface area contributed by atoms with E-state index in [1.165, 1.54) is 40.6 Å². The smallest absolute Gasteiger partial charge is 0.306 e. The summed E-state index contributed by atoms with van der Waals surface area (Å²) >= 11 is 0. The lowest BCUT2D eigenvalue weighted by molar-refractivity contribution is -0.143. The Morgan fingerprint density at radius 3 is 2.00 bits per heavy atom. The van der Waals surface area contributed by atoms with Crippen molar-refractivity contribution in [1.29, 1.82) is 0 Å². The minimum Gasteiger partial charge on any atom is -0.496 e. The largest absolute Gasteiger partial charge is 0.496 e. The molecule has 2 rings (SSSR count). The van der Waals surface area contributed by atoms with Gasteiger partial charge < -0.3 is 23.5 Å². The quantitative estimate of drug-likeness (QED) is 0.161. The molecule has 0 saturated heterocycles. The molecule has 35 heavy (non-hydrogen) atoms. The van der Waals surface area contributed by atoms with Gasteiger partial charge in [-0.25, -0.2) is 0 Å². The molecule has 0 aliphatic heterocycles. The Labute approximate surface area is 208 Å². The van der Waals surface area contributed by atoms with E-state index in [1.54, 1.807) is 42.5 Å². The predicted molar refractivity (Wildman–Crippen MR) is 138 cm³/mol. The first-order valence-electron chi connectivity index (χ1n) is 12.1. The maximum Gasteiger partial charge on any atom is 0.306 e. The van der Waals surface area contributed by atoms with Crippen LogP contribution in [0.25, 0.3) is 0 Å². The van der Waals surface area contributed by atoms with Crippen LogP contribution in [0.1, 0.15) is 62.2 Å². The fourth-order valence-corrected chi connectivity index (χ4v) is 6.23. The summed E-state index contributed by atoms with van der Waals surface area (Å²) in [5.41, 5.74) is -0.577. The highest BCUT2D eigenvalue weighted by Gasteiger charge is 2.38. The summed E-state index contributed by atoms with van der Waals surface area (Å²) in [5.74, 6) is 0.347. The molecule has 192 valence electrons. The second-order valence-corrected chi connectivity index (χ2v) is 11.1. The van der Waals surface area contributed by atoms with Gasteiger partial charge in [0.1, 0.15) is 22.8 Å². The van der Waals surface area contributed by atoms with Gasteiger partial charge in [-0.05, 0) is 6.42 Å². The van der Waals surface area contributed by atoms with Crippen molar-refractivity contribution in [3.63, 3.8) is 0 Å². The summed E-state index contributed by atoms with van der Waals surface area (Å²) in [6, 6.07) is 11.6. The molecule has 0 amide bonds. The lowest BCUT2D eigenvalue weighted by Gasteiger charge is -2.21. The third-order valence-corrected chi connectivity index (χ3v) is 8.69. The third kappa shape index (κ3) is 7.86. The number of rotatable bonds is 16. The Morgan fingerprint density at radius 2 is 1.43 bits per heavy atom. The molecule has 2 aromatic carbocycles. The standard InChI is InChI=1S/C27H37O7P/c1-5-6-7-8-9-13-17-34-25(28)16-18-35(30,22-14-11-10-12-15-22)27(29)26-23(32-3)19-21(31-2)20-24(26)33-4/h10-12,14-15,19-20H,5-9,13,16-18H2,1-4H3. The van der Waals surface area contributed by atoms with E-state index in [1.807, 2.05) is 0 Å². The molecule has 0 aliphatic rings. The van der Waals surface area contributed by atoms with Gasteiger partial charge in [-0.2, -0.15) is 0 Å². The van der Waals surface area contributed by atoms with E-state index in [0.29, 0.717) is 17.7 Å². The van der Waals surface area contributed by atoms with Gasteiger partial charge in [0.05, 0.1) is 34.4 Å². The van der Waals surface area contributed by atoms with Crippen molar-refractivity contribution < 1.29 is 33.1 Å². The van der Waals surface area contributed by atoms with Gasteiger partial charge in [0.25, 0.3) is 0 Å². The van der Waals surface area contributed by atoms with E-state index >= 15 is 0 Å². The molecular weight excluding hydrogens is 467 g/mol. The van der Waals surface area contributed by atoms with Crippen LogP contribution in [-0.2, 0) is 14.1 Å². The van der Waals surface area contributed by atoms with Crippen LogP contribution in [0, 0.1) is 0 Å². The lowest BCUT2D eigenvalue weighted by Crippen LogP contribution is -2.19. The first kappa shape index (κ1) is 28.4. The first-order valence-corrected chi connectivity index (χ1v) is 14.0. The summed E-state index contributed by atoms with van der Waals surface area (Å²) in [6.45, 7) is 2.50. The number of benzene rings is 2. The monoisotopic (exact) mass is 504 g/mol. The molecule has 1 atom stereocenters. The molecule has 8 heteroatoms. The van der Waals surface area contributed by atoms with Crippen LogP contribution in [0.5, 0.6) is 17.2 Å². The molecule has 0 aromatic heterocycles. The normalized spacial score (nSPS) is 12.5. The van der Waals surface area contributed by atoms with E-state index in [9.17, 15) is 14.2 Å². The third-order valence-electron chi connectivity index (χ3n) is 5.82. The Morgan fingerprint density at radius 1 is 0.829 bits per heavy atom. The van der Waals surface area contributed by atoms with E-state index in [2.05, 4.69) is 6.92 Å². The SMILES string of the molecule is CCCCCCCCOC(=O)CCP(=O)(C(=O)c1c(OC)cc(OC)cc1OC)c1ccccc1. The summed E-state index contributed by atoms with van der Waals surface area (Å²) in [6.07, 6.45) is 6.23. The van der Waals surface area contributed by atoms with Crippen LogP contribution in [0.2, 0.25) is 0 Å².